The summed E-state index contributed by atoms with van der Waals surface area (Å²) < 4.78 is 33.2. The molecule has 2 aromatic carbocycles. The molecule has 1 amide bonds. The highest BCUT2D eigenvalue weighted by molar-refractivity contribution is 7.89. The van der Waals surface area contributed by atoms with Crippen LogP contribution in [0.5, 0.6) is 5.75 Å². The van der Waals surface area contributed by atoms with Crippen LogP contribution in [0, 0.1) is 0 Å². The van der Waals surface area contributed by atoms with Crippen LogP contribution in [-0.4, -0.2) is 45.4 Å². The Bertz CT molecular complexity index is 986. The summed E-state index contributed by atoms with van der Waals surface area (Å²) in [5.74, 6) is -0.0817. The maximum Gasteiger partial charge on any atom is 0.251 e. The molecule has 0 bridgehead atoms. The molecule has 1 fully saturated rings. The lowest BCUT2D eigenvalue weighted by Crippen LogP contribution is -2.32. The summed E-state index contributed by atoms with van der Waals surface area (Å²) in [7, 11) is -2.31. The van der Waals surface area contributed by atoms with Crippen LogP contribution in [0.2, 0.25) is 5.02 Å². The summed E-state index contributed by atoms with van der Waals surface area (Å²) in [5, 5.41) is 3.49. The van der Waals surface area contributed by atoms with Crippen LogP contribution in [0.4, 0.5) is 0 Å². The monoisotopic (exact) mass is 450 g/mol. The fraction of sp³-hybridized carbons (Fsp3) is 0.409. The topological polar surface area (TPSA) is 75.7 Å². The van der Waals surface area contributed by atoms with E-state index < -0.39 is 10.0 Å². The third-order valence-electron chi connectivity index (χ3n) is 5.20. The second-order valence-corrected chi connectivity index (χ2v) is 9.66. The van der Waals surface area contributed by atoms with E-state index in [4.69, 9.17) is 16.3 Å². The first kappa shape index (κ1) is 22.6. The van der Waals surface area contributed by atoms with Gasteiger partial charge in [0, 0.05) is 30.2 Å². The molecule has 6 nitrogen and oxygen atoms in total. The number of benzene rings is 2. The first-order chi connectivity index (χ1) is 14.4. The number of ether oxygens (including phenoxy) is 1. The van der Waals surface area contributed by atoms with E-state index in [2.05, 4.69) is 5.32 Å². The van der Waals surface area contributed by atoms with Crippen molar-refractivity contribution in [3.63, 3.8) is 0 Å². The Hall–Kier alpha value is -2.09. The number of sulfonamides is 1. The molecule has 1 heterocycles. The van der Waals surface area contributed by atoms with Crippen molar-refractivity contribution in [1.29, 1.82) is 0 Å². The van der Waals surface area contributed by atoms with Crippen molar-refractivity contribution in [3.05, 3.63) is 58.6 Å². The van der Waals surface area contributed by atoms with Crippen molar-refractivity contribution in [1.82, 2.24) is 9.62 Å². The molecule has 1 N–H and O–H groups in total. The van der Waals surface area contributed by atoms with Gasteiger partial charge in [-0.25, -0.2) is 8.42 Å². The van der Waals surface area contributed by atoms with Crippen LogP contribution < -0.4 is 10.1 Å². The minimum atomic E-state index is -3.74. The molecule has 0 aliphatic carbocycles. The van der Waals surface area contributed by atoms with Crippen molar-refractivity contribution in [2.24, 2.45) is 0 Å². The molecule has 8 heteroatoms. The largest absolute Gasteiger partial charge is 0.495 e. The third kappa shape index (κ3) is 5.53. The molecular weight excluding hydrogens is 424 g/mol. The van der Waals surface area contributed by atoms with Crippen molar-refractivity contribution >= 4 is 27.5 Å². The SMILES string of the molecule is COc1ccc(C(=O)NCCc2cccc(Cl)c2)cc1S(=O)(=O)N1CCCCCC1. The van der Waals surface area contributed by atoms with Gasteiger partial charge in [0.05, 0.1) is 7.11 Å². The van der Waals surface area contributed by atoms with Crippen molar-refractivity contribution in [2.45, 2.75) is 37.0 Å². The number of amides is 1. The number of hydrogen-bond donors (Lipinski definition) is 1. The highest BCUT2D eigenvalue weighted by Gasteiger charge is 2.29. The molecule has 30 heavy (non-hydrogen) atoms. The van der Waals surface area contributed by atoms with Gasteiger partial charge >= 0.3 is 0 Å². The van der Waals surface area contributed by atoms with Gasteiger partial charge in [0.25, 0.3) is 5.91 Å². The van der Waals surface area contributed by atoms with E-state index in [0.29, 0.717) is 31.1 Å². The number of rotatable bonds is 7. The fourth-order valence-electron chi connectivity index (χ4n) is 3.56. The Morgan fingerprint density at radius 2 is 1.83 bits per heavy atom. The van der Waals surface area contributed by atoms with Gasteiger partial charge in [0.15, 0.2) is 0 Å². The Kier molecular flexibility index (Phi) is 7.75. The average molecular weight is 451 g/mol. The smallest absolute Gasteiger partial charge is 0.251 e. The summed E-state index contributed by atoms with van der Waals surface area (Å²) >= 11 is 5.99. The molecular formula is C22H27ClN2O4S. The molecule has 162 valence electrons. The highest BCUT2D eigenvalue weighted by atomic mass is 35.5. The lowest BCUT2D eigenvalue weighted by atomic mass is 10.1. The molecule has 0 saturated carbocycles. The number of methoxy groups -OCH3 is 1. The molecule has 2 aromatic rings. The van der Waals surface area contributed by atoms with Crippen molar-refractivity contribution < 1.29 is 17.9 Å². The molecule has 3 rings (SSSR count). The molecule has 0 radical (unpaired) electrons. The molecule has 1 saturated heterocycles. The average Bonchev–Trinajstić information content (AvgIpc) is 3.03. The Balaban J connectivity index is 1.75. The Morgan fingerprint density at radius 1 is 1.10 bits per heavy atom. The Labute approximate surface area is 183 Å². The number of nitrogens with zero attached hydrogens (tertiary/aromatic N) is 1. The Morgan fingerprint density at radius 3 is 2.50 bits per heavy atom. The van der Waals surface area contributed by atoms with E-state index in [-0.39, 0.29) is 22.1 Å². The fourth-order valence-corrected chi connectivity index (χ4v) is 5.47. The van der Waals surface area contributed by atoms with Gasteiger partial charge in [-0.15, -0.1) is 0 Å². The van der Waals surface area contributed by atoms with Gasteiger partial charge in [0.1, 0.15) is 10.6 Å². The zero-order valence-corrected chi connectivity index (χ0v) is 18.6. The third-order valence-corrected chi connectivity index (χ3v) is 7.35. The van der Waals surface area contributed by atoms with E-state index >= 15 is 0 Å². The quantitative estimate of drug-likeness (QED) is 0.694. The minimum Gasteiger partial charge on any atom is -0.495 e. The number of hydrogen-bond acceptors (Lipinski definition) is 4. The van der Waals surface area contributed by atoms with Gasteiger partial charge < -0.3 is 10.1 Å². The number of carbonyl (C=O) groups excluding carboxylic acids is 1. The van der Waals surface area contributed by atoms with Gasteiger partial charge in [0.2, 0.25) is 10.0 Å². The van der Waals surface area contributed by atoms with Gasteiger partial charge in [-0.1, -0.05) is 36.6 Å². The van der Waals surface area contributed by atoms with Gasteiger partial charge in [-0.3, -0.25) is 4.79 Å². The van der Waals surface area contributed by atoms with Crippen LogP contribution in [0.15, 0.2) is 47.4 Å². The van der Waals surface area contributed by atoms with E-state index in [1.165, 1.54) is 23.5 Å². The van der Waals surface area contributed by atoms with Gasteiger partial charge in [-0.05, 0) is 55.2 Å². The van der Waals surface area contributed by atoms with Crippen LogP contribution in [-0.2, 0) is 16.4 Å². The van der Waals surface area contributed by atoms with Crippen molar-refractivity contribution in [3.8, 4) is 5.75 Å². The predicted molar refractivity (Wildman–Crippen MR) is 118 cm³/mol. The summed E-state index contributed by atoms with van der Waals surface area (Å²) in [6.07, 6.45) is 4.36. The van der Waals surface area contributed by atoms with Crippen molar-refractivity contribution in [2.75, 3.05) is 26.7 Å². The molecule has 1 aliphatic rings. The molecule has 0 unspecified atom stereocenters. The summed E-state index contributed by atoms with van der Waals surface area (Å²) in [6, 6.07) is 12.0. The summed E-state index contributed by atoms with van der Waals surface area (Å²) in [4.78, 5) is 12.7. The van der Waals surface area contributed by atoms with Crippen LogP contribution in [0.25, 0.3) is 0 Å². The lowest BCUT2D eigenvalue weighted by molar-refractivity contribution is 0.0954. The molecule has 0 atom stereocenters. The second kappa shape index (κ2) is 10.3. The predicted octanol–water partition coefficient (Wildman–Crippen LogP) is 3.89. The maximum absolute atomic E-state index is 13.2. The first-order valence-electron chi connectivity index (χ1n) is 10.1. The second-order valence-electron chi connectivity index (χ2n) is 7.32. The zero-order chi connectivity index (χ0) is 21.6. The van der Waals surface area contributed by atoms with E-state index in [1.807, 2.05) is 18.2 Å². The van der Waals surface area contributed by atoms with Crippen LogP contribution in [0.1, 0.15) is 41.6 Å². The normalized spacial score (nSPS) is 15.4. The number of halogens is 1. The summed E-state index contributed by atoms with van der Waals surface area (Å²) in [5.41, 5.74) is 1.30. The maximum atomic E-state index is 13.2. The zero-order valence-electron chi connectivity index (χ0n) is 17.1. The van der Waals surface area contributed by atoms with E-state index in [9.17, 15) is 13.2 Å². The molecule has 0 spiro atoms. The molecule has 0 aromatic heterocycles. The number of carbonyl (C=O) groups is 1. The van der Waals surface area contributed by atoms with Gasteiger partial charge in [-0.2, -0.15) is 4.31 Å². The first-order valence-corrected chi connectivity index (χ1v) is 11.9. The lowest BCUT2D eigenvalue weighted by Gasteiger charge is -2.21. The standard InChI is InChI=1S/C22H27ClN2O4S/c1-29-20-10-9-18(22(26)24-12-11-17-7-6-8-19(23)15-17)16-21(20)30(27,28)25-13-4-2-3-5-14-25/h6-10,15-16H,2-5,11-14H2,1H3,(H,24,26). The van der Waals surface area contributed by atoms with E-state index in [0.717, 1.165) is 31.2 Å². The van der Waals surface area contributed by atoms with Crippen LogP contribution >= 0.6 is 11.6 Å². The highest BCUT2D eigenvalue weighted by Crippen LogP contribution is 2.29. The number of nitrogens with one attached hydrogen (secondary N) is 1. The van der Waals surface area contributed by atoms with E-state index in [1.54, 1.807) is 12.1 Å². The minimum absolute atomic E-state index is 0.0365. The van der Waals surface area contributed by atoms with Crippen LogP contribution in [0.3, 0.4) is 0 Å². The molecule has 1 aliphatic heterocycles. The summed E-state index contributed by atoms with van der Waals surface area (Å²) in [6.45, 7) is 1.39.